The van der Waals surface area contributed by atoms with Crippen molar-refractivity contribution in [1.82, 2.24) is 20.4 Å². The standard InChI is InChI=1S/C20H26N6O5S/c1-20(2)14(18(30)31)26-16(29)13(17(26)32-20)24-15(28)12(10-7-5-4-6-8-10)23-11(27)9-25(3)19(21)22/h4-8,12-14,17H,9H2,1-3H3,(H3,21,22)(H,23,27)(H,24,28)(H,30,31)/t12?,13-,14+,17-/m1/s1. The van der Waals surface area contributed by atoms with Crippen LogP contribution >= 0.6 is 11.8 Å². The molecule has 0 bridgehead atoms. The van der Waals surface area contributed by atoms with Crippen LogP contribution in [-0.4, -0.2) is 80.4 Å². The molecule has 0 aliphatic carbocycles. The van der Waals surface area contributed by atoms with Gasteiger partial charge in [0.15, 0.2) is 5.96 Å². The van der Waals surface area contributed by atoms with Gasteiger partial charge in [-0.05, 0) is 19.4 Å². The maximum Gasteiger partial charge on any atom is 0.327 e. The molecule has 6 N–H and O–H groups in total. The summed E-state index contributed by atoms with van der Waals surface area (Å²) in [4.78, 5) is 52.4. The molecule has 11 nitrogen and oxygen atoms in total. The van der Waals surface area contributed by atoms with Crippen molar-refractivity contribution in [1.29, 1.82) is 5.41 Å². The van der Waals surface area contributed by atoms with Crippen LogP contribution in [0.3, 0.4) is 0 Å². The summed E-state index contributed by atoms with van der Waals surface area (Å²) in [6.07, 6.45) is 0. The monoisotopic (exact) mass is 462 g/mol. The highest BCUT2D eigenvalue weighted by molar-refractivity contribution is 8.01. The molecule has 0 aromatic heterocycles. The van der Waals surface area contributed by atoms with Crippen LogP contribution in [0.2, 0.25) is 0 Å². The second-order valence-electron chi connectivity index (χ2n) is 8.24. The van der Waals surface area contributed by atoms with E-state index >= 15 is 0 Å². The van der Waals surface area contributed by atoms with Gasteiger partial charge in [-0.2, -0.15) is 0 Å². The van der Waals surface area contributed by atoms with Crippen LogP contribution in [0.15, 0.2) is 30.3 Å². The van der Waals surface area contributed by atoms with Crippen LogP contribution in [0.5, 0.6) is 0 Å². The van der Waals surface area contributed by atoms with E-state index in [-0.39, 0.29) is 12.5 Å². The molecule has 0 spiro atoms. The van der Waals surface area contributed by atoms with E-state index in [1.807, 2.05) is 0 Å². The number of likely N-dealkylation sites (N-methyl/N-ethyl adjacent to an activating group) is 1. The Morgan fingerprint density at radius 2 is 1.94 bits per heavy atom. The van der Waals surface area contributed by atoms with E-state index in [4.69, 9.17) is 11.1 Å². The number of fused-ring (bicyclic) bond motifs is 1. The first-order chi connectivity index (χ1) is 14.9. The summed E-state index contributed by atoms with van der Waals surface area (Å²) in [6, 6.07) is 5.58. The average Bonchev–Trinajstić information content (AvgIpc) is 2.98. The Hall–Kier alpha value is -3.28. The summed E-state index contributed by atoms with van der Waals surface area (Å²) in [5, 5.41) is 21.7. The number of guanidine groups is 1. The maximum atomic E-state index is 13.1. The highest BCUT2D eigenvalue weighted by Crippen LogP contribution is 2.50. The number of amides is 3. The molecule has 1 aromatic rings. The Morgan fingerprint density at radius 3 is 2.50 bits per heavy atom. The predicted molar refractivity (Wildman–Crippen MR) is 118 cm³/mol. The summed E-state index contributed by atoms with van der Waals surface area (Å²) in [5.41, 5.74) is 5.87. The normalized spacial score (nSPS) is 24.0. The van der Waals surface area contributed by atoms with Crippen LogP contribution in [0.4, 0.5) is 0 Å². The number of nitrogens with one attached hydrogen (secondary N) is 3. The smallest absolute Gasteiger partial charge is 0.327 e. The number of nitrogens with two attached hydrogens (primary N) is 1. The number of carboxylic acids is 1. The van der Waals surface area contributed by atoms with Crippen molar-refractivity contribution < 1.29 is 24.3 Å². The van der Waals surface area contributed by atoms with Gasteiger partial charge in [0.25, 0.3) is 0 Å². The molecule has 1 aromatic carbocycles. The van der Waals surface area contributed by atoms with Gasteiger partial charge in [-0.3, -0.25) is 19.8 Å². The minimum atomic E-state index is -1.09. The van der Waals surface area contributed by atoms with E-state index < -0.39 is 51.9 Å². The van der Waals surface area contributed by atoms with Gasteiger partial charge in [0.05, 0.1) is 6.54 Å². The molecule has 0 saturated carbocycles. The Labute approximate surface area is 189 Å². The molecule has 2 heterocycles. The molecule has 2 fully saturated rings. The molecule has 0 radical (unpaired) electrons. The number of thioether (sulfide) groups is 1. The molecule has 2 saturated heterocycles. The molecule has 3 rings (SSSR count). The van der Waals surface area contributed by atoms with E-state index in [0.717, 1.165) is 0 Å². The van der Waals surface area contributed by atoms with E-state index in [9.17, 15) is 24.3 Å². The van der Waals surface area contributed by atoms with Crippen molar-refractivity contribution in [2.24, 2.45) is 5.73 Å². The van der Waals surface area contributed by atoms with Gasteiger partial charge < -0.3 is 31.3 Å². The van der Waals surface area contributed by atoms with Crippen LogP contribution in [-0.2, 0) is 19.2 Å². The van der Waals surface area contributed by atoms with Crippen molar-refractivity contribution in [2.45, 2.75) is 42.1 Å². The fraction of sp³-hybridized carbons (Fsp3) is 0.450. The third-order valence-corrected chi connectivity index (χ3v) is 7.04. The summed E-state index contributed by atoms with van der Waals surface area (Å²) < 4.78 is -0.712. The number of hydrogen-bond donors (Lipinski definition) is 5. The van der Waals surface area contributed by atoms with Crippen LogP contribution < -0.4 is 16.4 Å². The minimum absolute atomic E-state index is 0.227. The number of rotatable bonds is 7. The molecule has 4 atom stereocenters. The number of carbonyl (C=O) groups is 4. The second kappa shape index (κ2) is 8.69. The molecular formula is C20H26N6O5S. The first-order valence-corrected chi connectivity index (χ1v) is 10.7. The van der Waals surface area contributed by atoms with E-state index in [1.165, 1.54) is 28.6 Å². The third-order valence-electron chi connectivity index (χ3n) is 5.47. The molecule has 2 aliphatic heterocycles. The number of carbonyl (C=O) groups excluding carboxylic acids is 3. The van der Waals surface area contributed by atoms with Crippen molar-refractivity contribution in [3.63, 3.8) is 0 Å². The first-order valence-electron chi connectivity index (χ1n) is 9.86. The van der Waals surface area contributed by atoms with Gasteiger partial charge in [-0.1, -0.05) is 30.3 Å². The van der Waals surface area contributed by atoms with Crippen molar-refractivity contribution >= 4 is 41.4 Å². The lowest BCUT2D eigenvalue weighted by Crippen LogP contribution is -2.71. The largest absolute Gasteiger partial charge is 0.480 e. The molecule has 3 amide bonds. The van der Waals surface area contributed by atoms with E-state index in [0.29, 0.717) is 5.56 Å². The first kappa shape index (κ1) is 23.4. The van der Waals surface area contributed by atoms with Crippen LogP contribution in [0.25, 0.3) is 0 Å². The second-order valence-corrected chi connectivity index (χ2v) is 10.0. The zero-order valence-electron chi connectivity index (χ0n) is 17.9. The van der Waals surface area contributed by atoms with Gasteiger partial charge in [-0.15, -0.1) is 11.8 Å². The van der Waals surface area contributed by atoms with Crippen molar-refractivity contribution in [3.05, 3.63) is 35.9 Å². The predicted octanol–water partition coefficient (Wildman–Crippen LogP) is -0.699. The molecule has 12 heteroatoms. The zero-order valence-corrected chi connectivity index (χ0v) is 18.7. The fourth-order valence-electron chi connectivity index (χ4n) is 3.83. The molecular weight excluding hydrogens is 436 g/mol. The Balaban J connectivity index is 1.75. The average molecular weight is 463 g/mol. The number of β-lactam (4-membered cyclic amide) rings is 1. The molecule has 172 valence electrons. The number of nitrogens with zero attached hydrogens (tertiary/aromatic N) is 2. The van der Waals surface area contributed by atoms with E-state index in [2.05, 4.69) is 10.6 Å². The van der Waals surface area contributed by atoms with Gasteiger partial charge >= 0.3 is 5.97 Å². The Kier molecular flexibility index (Phi) is 6.35. The fourth-order valence-corrected chi connectivity index (χ4v) is 5.46. The number of hydrogen-bond acceptors (Lipinski definition) is 6. The topological polar surface area (TPSA) is 169 Å². The number of aliphatic carboxylic acids is 1. The van der Waals surface area contributed by atoms with Gasteiger partial charge in [0.1, 0.15) is 23.5 Å². The maximum absolute atomic E-state index is 13.1. The highest BCUT2D eigenvalue weighted by atomic mass is 32.2. The van der Waals surface area contributed by atoms with Crippen LogP contribution in [0, 0.1) is 5.41 Å². The van der Waals surface area contributed by atoms with Crippen LogP contribution in [0.1, 0.15) is 25.5 Å². The zero-order chi connectivity index (χ0) is 23.8. The van der Waals surface area contributed by atoms with Crippen molar-refractivity contribution in [3.8, 4) is 0 Å². The third kappa shape index (κ3) is 4.35. The summed E-state index contributed by atoms with van der Waals surface area (Å²) in [7, 11) is 1.47. The van der Waals surface area contributed by atoms with Gasteiger partial charge in [0.2, 0.25) is 17.7 Å². The highest BCUT2D eigenvalue weighted by Gasteiger charge is 2.64. The lowest BCUT2D eigenvalue weighted by molar-refractivity contribution is -0.161. The lowest BCUT2D eigenvalue weighted by Gasteiger charge is -2.44. The Morgan fingerprint density at radius 1 is 1.31 bits per heavy atom. The summed E-state index contributed by atoms with van der Waals surface area (Å²) >= 11 is 1.32. The SMILES string of the molecule is CN(CC(=O)NC(C(=O)N[C@@H]1C(=O)N2[C@@H]1SC(C)(C)[C@@H]2C(=O)O)c1ccccc1)C(=N)N. The van der Waals surface area contributed by atoms with Gasteiger partial charge in [-0.25, -0.2) is 4.79 Å². The molecule has 1 unspecified atom stereocenters. The Bertz CT molecular complexity index is 955. The summed E-state index contributed by atoms with van der Waals surface area (Å²) in [5.74, 6) is -2.98. The molecule has 2 aliphatic rings. The lowest BCUT2D eigenvalue weighted by atomic mass is 9.95. The minimum Gasteiger partial charge on any atom is -0.480 e. The van der Waals surface area contributed by atoms with Crippen molar-refractivity contribution in [2.75, 3.05) is 13.6 Å². The van der Waals surface area contributed by atoms with Gasteiger partial charge in [0, 0.05) is 11.8 Å². The number of carboxylic acid groups (broad SMARTS) is 1. The number of benzene rings is 1. The molecule has 32 heavy (non-hydrogen) atoms. The van der Waals surface area contributed by atoms with E-state index in [1.54, 1.807) is 44.2 Å². The summed E-state index contributed by atoms with van der Waals surface area (Å²) in [6.45, 7) is 3.27. The quantitative estimate of drug-likeness (QED) is 0.201.